The monoisotopic (exact) mass is 429 g/mol. The average molecular weight is 430 g/mol. The lowest BCUT2D eigenvalue weighted by molar-refractivity contribution is -0.125. The number of carbonyl (C=O) groups excluding carboxylic acids is 2. The fraction of sp³-hybridized carbons (Fsp3) is 0.591. The summed E-state index contributed by atoms with van der Waals surface area (Å²) >= 11 is 2.76. The summed E-state index contributed by atoms with van der Waals surface area (Å²) in [6, 6.07) is 3.86. The molecule has 0 aromatic carbocycles. The van der Waals surface area contributed by atoms with Gasteiger partial charge in [0.1, 0.15) is 0 Å². The van der Waals surface area contributed by atoms with Crippen molar-refractivity contribution in [2.45, 2.75) is 57.9 Å². The van der Waals surface area contributed by atoms with Crippen LogP contribution < -0.4 is 10.6 Å². The first-order valence-electron chi connectivity index (χ1n) is 10.6. The second-order valence-corrected chi connectivity index (χ2v) is 11.1. The highest BCUT2D eigenvalue weighted by Crippen LogP contribution is 2.61. The maximum Gasteiger partial charge on any atom is 0.267 e. The molecule has 2 aromatic heterocycles. The lowest BCUT2D eigenvalue weighted by Gasteiger charge is -2.59. The van der Waals surface area contributed by atoms with Gasteiger partial charge in [-0.25, -0.2) is 4.98 Å². The Kier molecular flexibility index (Phi) is 4.98. The van der Waals surface area contributed by atoms with Crippen molar-refractivity contribution in [1.29, 1.82) is 0 Å². The van der Waals surface area contributed by atoms with E-state index in [1.165, 1.54) is 61.2 Å². The van der Waals surface area contributed by atoms with Gasteiger partial charge in [-0.05, 0) is 80.1 Å². The number of thiazole rings is 1. The number of anilines is 1. The third kappa shape index (κ3) is 3.87. The topological polar surface area (TPSA) is 71.1 Å². The Morgan fingerprint density at radius 1 is 1.17 bits per heavy atom. The first-order chi connectivity index (χ1) is 14.0. The van der Waals surface area contributed by atoms with E-state index in [2.05, 4.69) is 22.5 Å². The summed E-state index contributed by atoms with van der Waals surface area (Å²) < 4.78 is 0. The molecule has 2 N–H and O–H groups in total. The van der Waals surface area contributed by atoms with Crippen molar-refractivity contribution in [2.75, 3.05) is 5.32 Å². The summed E-state index contributed by atoms with van der Waals surface area (Å²) in [6.07, 6.45) is 8.38. The van der Waals surface area contributed by atoms with Crippen LogP contribution in [0.25, 0.3) is 0 Å². The molecular weight excluding hydrogens is 402 g/mol. The van der Waals surface area contributed by atoms with E-state index in [0.717, 1.165) is 17.8 Å². The molecule has 1 unspecified atom stereocenters. The maximum absolute atomic E-state index is 12.7. The van der Waals surface area contributed by atoms with Gasteiger partial charge in [0.15, 0.2) is 5.13 Å². The number of amides is 2. The highest BCUT2D eigenvalue weighted by molar-refractivity contribution is 7.14. The van der Waals surface area contributed by atoms with Gasteiger partial charge in [-0.15, -0.1) is 22.7 Å². The quantitative estimate of drug-likeness (QED) is 0.698. The average Bonchev–Trinajstić information content (AvgIpc) is 3.32. The second-order valence-electron chi connectivity index (χ2n) is 9.32. The van der Waals surface area contributed by atoms with Crippen LogP contribution in [0.4, 0.5) is 5.13 Å². The zero-order valence-corrected chi connectivity index (χ0v) is 18.3. The number of nitrogens with zero attached hydrogens (tertiary/aromatic N) is 1. The number of hydrogen-bond donors (Lipinski definition) is 2. The summed E-state index contributed by atoms with van der Waals surface area (Å²) in [5.74, 6) is 2.53. The van der Waals surface area contributed by atoms with E-state index >= 15 is 0 Å². The molecule has 6 rings (SSSR count). The molecule has 4 aliphatic carbocycles. The van der Waals surface area contributed by atoms with Gasteiger partial charge < -0.3 is 5.32 Å². The van der Waals surface area contributed by atoms with Crippen molar-refractivity contribution in [3.8, 4) is 0 Å². The van der Waals surface area contributed by atoms with E-state index in [-0.39, 0.29) is 24.3 Å². The van der Waals surface area contributed by atoms with Gasteiger partial charge in [0.05, 0.1) is 17.0 Å². The van der Waals surface area contributed by atoms with E-state index in [9.17, 15) is 9.59 Å². The third-order valence-corrected chi connectivity index (χ3v) is 8.92. The molecule has 5 nitrogen and oxygen atoms in total. The second kappa shape index (κ2) is 7.51. The molecule has 0 saturated heterocycles. The zero-order valence-electron chi connectivity index (χ0n) is 16.6. The number of aromatic nitrogens is 1. The number of hydrogen-bond acceptors (Lipinski definition) is 5. The summed E-state index contributed by atoms with van der Waals surface area (Å²) in [7, 11) is 0. The minimum atomic E-state index is -0.152. The third-order valence-electron chi connectivity index (χ3n) is 7.24. The Morgan fingerprint density at radius 2 is 1.86 bits per heavy atom. The van der Waals surface area contributed by atoms with Crippen LogP contribution in [-0.4, -0.2) is 22.8 Å². The molecule has 154 valence electrons. The molecule has 4 aliphatic rings. The summed E-state index contributed by atoms with van der Waals surface area (Å²) in [6.45, 7) is 2.21. The van der Waals surface area contributed by atoms with Gasteiger partial charge in [-0.2, -0.15) is 0 Å². The van der Waals surface area contributed by atoms with Gasteiger partial charge >= 0.3 is 0 Å². The molecule has 2 aromatic rings. The Morgan fingerprint density at radius 3 is 2.48 bits per heavy atom. The molecule has 4 saturated carbocycles. The first kappa shape index (κ1) is 19.2. The molecule has 29 heavy (non-hydrogen) atoms. The fourth-order valence-corrected chi connectivity index (χ4v) is 7.65. The van der Waals surface area contributed by atoms with Gasteiger partial charge in [0.2, 0.25) is 5.91 Å². The van der Waals surface area contributed by atoms with E-state index in [1.54, 1.807) is 6.07 Å². The number of rotatable bonds is 6. The molecule has 2 heterocycles. The van der Waals surface area contributed by atoms with Crippen molar-refractivity contribution in [2.24, 2.45) is 23.2 Å². The zero-order chi connectivity index (χ0) is 20.0. The van der Waals surface area contributed by atoms with Crippen LogP contribution in [0.2, 0.25) is 0 Å². The van der Waals surface area contributed by atoms with Gasteiger partial charge in [0.25, 0.3) is 5.91 Å². The van der Waals surface area contributed by atoms with Crippen molar-refractivity contribution in [3.63, 3.8) is 0 Å². The molecule has 2 amide bonds. The Bertz CT molecular complexity index is 870. The van der Waals surface area contributed by atoms with Crippen molar-refractivity contribution < 1.29 is 9.59 Å². The maximum atomic E-state index is 12.7. The van der Waals surface area contributed by atoms with E-state index in [1.807, 2.05) is 16.8 Å². The normalized spacial score (nSPS) is 30.9. The lowest BCUT2D eigenvalue weighted by atomic mass is 9.48. The number of nitrogens with one attached hydrogen (secondary N) is 2. The van der Waals surface area contributed by atoms with Crippen molar-refractivity contribution in [3.05, 3.63) is 33.5 Å². The summed E-state index contributed by atoms with van der Waals surface area (Å²) in [4.78, 5) is 29.9. The first-order valence-corrected chi connectivity index (χ1v) is 12.3. The lowest BCUT2D eigenvalue weighted by Crippen LogP contribution is -2.56. The fourth-order valence-electron chi connectivity index (χ4n) is 6.33. The minimum Gasteiger partial charge on any atom is -0.353 e. The standard InChI is InChI=1S/C22H27N3O2S2/c1-13(22-9-14-5-15(10-22)7-16(6-14)11-22)23-19(26)8-17-12-29-21(24-17)25-20(27)18-3-2-4-28-18/h2-4,12-16H,5-11H2,1H3,(H,23,26)(H,24,25,27). The molecule has 7 heteroatoms. The highest BCUT2D eigenvalue weighted by Gasteiger charge is 2.53. The Hall–Kier alpha value is -1.73. The molecule has 4 bridgehead atoms. The number of carbonyl (C=O) groups is 2. The van der Waals surface area contributed by atoms with Crippen LogP contribution in [0, 0.1) is 23.2 Å². The van der Waals surface area contributed by atoms with Gasteiger partial charge in [0, 0.05) is 11.4 Å². The molecule has 1 atom stereocenters. The SMILES string of the molecule is CC(NC(=O)Cc1csc(NC(=O)c2cccs2)n1)C12CC3CC(CC(C3)C1)C2. The van der Waals surface area contributed by atoms with Crippen LogP contribution in [0.1, 0.15) is 60.8 Å². The molecule has 0 radical (unpaired) electrons. The Labute approximate surface area is 179 Å². The molecule has 0 aliphatic heterocycles. The molecule has 0 spiro atoms. The van der Waals surface area contributed by atoms with Crippen LogP contribution >= 0.6 is 22.7 Å². The smallest absolute Gasteiger partial charge is 0.267 e. The van der Waals surface area contributed by atoms with Crippen LogP contribution in [0.15, 0.2) is 22.9 Å². The predicted molar refractivity (Wildman–Crippen MR) is 116 cm³/mol. The predicted octanol–water partition coefficient (Wildman–Crippen LogP) is 4.72. The molecular formula is C22H27N3O2S2. The Balaban J connectivity index is 1.17. The van der Waals surface area contributed by atoms with Gasteiger partial charge in [-0.1, -0.05) is 6.07 Å². The van der Waals surface area contributed by atoms with Crippen LogP contribution in [-0.2, 0) is 11.2 Å². The molecule has 4 fully saturated rings. The number of thiophene rings is 1. The van der Waals surface area contributed by atoms with Gasteiger partial charge in [-0.3, -0.25) is 14.9 Å². The summed E-state index contributed by atoms with van der Waals surface area (Å²) in [5.41, 5.74) is 1.03. The summed E-state index contributed by atoms with van der Waals surface area (Å²) in [5, 5.41) is 10.4. The van der Waals surface area contributed by atoms with Crippen LogP contribution in [0.5, 0.6) is 0 Å². The van der Waals surface area contributed by atoms with Crippen molar-refractivity contribution >= 4 is 39.6 Å². The highest BCUT2D eigenvalue weighted by atomic mass is 32.1. The van der Waals surface area contributed by atoms with Crippen molar-refractivity contribution in [1.82, 2.24) is 10.3 Å². The van der Waals surface area contributed by atoms with E-state index < -0.39 is 0 Å². The van der Waals surface area contributed by atoms with Crippen LogP contribution in [0.3, 0.4) is 0 Å². The minimum absolute atomic E-state index is 0.0367. The van der Waals surface area contributed by atoms with E-state index in [0.29, 0.717) is 21.1 Å². The largest absolute Gasteiger partial charge is 0.353 e. The van der Waals surface area contributed by atoms with E-state index in [4.69, 9.17) is 0 Å².